The molecule has 2 aromatic heterocycles. The van der Waals surface area contributed by atoms with Crippen molar-refractivity contribution in [3.63, 3.8) is 0 Å². The summed E-state index contributed by atoms with van der Waals surface area (Å²) in [6.07, 6.45) is 0. The second-order valence-electron chi connectivity index (χ2n) is 6.67. The van der Waals surface area contributed by atoms with Crippen molar-refractivity contribution in [2.45, 2.75) is 27.7 Å². The zero-order chi connectivity index (χ0) is 19.6. The van der Waals surface area contributed by atoms with Crippen molar-refractivity contribution in [1.82, 2.24) is 25.3 Å². The minimum Gasteiger partial charge on any atom is -0.497 e. The molecule has 27 heavy (non-hydrogen) atoms. The second kappa shape index (κ2) is 7.87. The molecule has 142 valence electrons. The van der Waals surface area contributed by atoms with Gasteiger partial charge in [-0.3, -0.25) is 4.79 Å². The van der Waals surface area contributed by atoms with E-state index in [-0.39, 0.29) is 5.91 Å². The van der Waals surface area contributed by atoms with Crippen LogP contribution in [0.4, 0.5) is 0 Å². The molecule has 0 saturated carbocycles. The number of methoxy groups -OCH3 is 1. The quantitative estimate of drug-likeness (QED) is 0.703. The van der Waals surface area contributed by atoms with Crippen LogP contribution in [-0.2, 0) is 0 Å². The lowest BCUT2D eigenvalue weighted by Crippen LogP contribution is -2.27. The molecule has 0 aliphatic heterocycles. The van der Waals surface area contributed by atoms with Crippen molar-refractivity contribution >= 4 is 17.2 Å². The fourth-order valence-corrected chi connectivity index (χ4v) is 3.60. The number of ether oxygens (including phenoxy) is 1. The fraction of sp³-hybridized carbons (Fsp3) is 0.368. The standard InChI is InChI=1S/C19H23N5O2S/c1-11(2)10-20-18(25)17-12(3)21-19(27-17)16-13(4)24(23-22-16)14-6-8-15(26-5)9-7-14/h6-9,11H,10H2,1-5H3,(H,20,25). The minimum atomic E-state index is -0.0925. The molecular formula is C19H23N5O2S. The van der Waals surface area contributed by atoms with Gasteiger partial charge in [0.1, 0.15) is 21.3 Å². The lowest BCUT2D eigenvalue weighted by molar-refractivity contribution is 0.0952. The maximum Gasteiger partial charge on any atom is 0.263 e. The highest BCUT2D eigenvalue weighted by molar-refractivity contribution is 7.17. The average molecular weight is 385 g/mol. The number of hydrogen-bond donors (Lipinski definition) is 1. The van der Waals surface area contributed by atoms with E-state index in [1.165, 1.54) is 11.3 Å². The van der Waals surface area contributed by atoms with E-state index < -0.39 is 0 Å². The normalized spacial score (nSPS) is 11.0. The van der Waals surface area contributed by atoms with E-state index in [1.54, 1.807) is 11.8 Å². The van der Waals surface area contributed by atoms with Crippen LogP contribution in [-0.4, -0.2) is 39.5 Å². The van der Waals surface area contributed by atoms with Crippen molar-refractivity contribution in [3.8, 4) is 22.1 Å². The SMILES string of the molecule is COc1ccc(-n2nnc(-c3nc(C)c(C(=O)NCC(C)C)s3)c2C)cc1. The van der Waals surface area contributed by atoms with Crippen LogP contribution in [0.3, 0.4) is 0 Å². The number of aromatic nitrogens is 4. The summed E-state index contributed by atoms with van der Waals surface area (Å²) in [5.74, 6) is 1.09. The van der Waals surface area contributed by atoms with Gasteiger partial charge in [-0.25, -0.2) is 9.67 Å². The number of carbonyl (C=O) groups is 1. The van der Waals surface area contributed by atoms with Gasteiger partial charge in [0, 0.05) is 6.54 Å². The van der Waals surface area contributed by atoms with Crippen LogP contribution in [0.15, 0.2) is 24.3 Å². The first-order chi connectivity index (χ1) is 12.9. The molecule has 0 atom stereocenters. The molecule has 7 nitrogen and oxygen atoms in total. The molecule has 0 unspecified atom stereocenters. The second-order valence-corrected chi connectivity index (χ2v) is 7.67. The van der Waals surface area contributed by atoms with Gasteiger partial charge in [-0.2, -0.15) is 0 Å². The highest BCUT2D eigenvalue weighted by atomic mass is 32.1. The van der Waals surface area contributed by atoms with Crippen molar-refractivity contribution < 1.29 is 9.53 Å². The molecule has 8 heteroatoms. The monoisotopic (exact) mass is 385 g/mol. The van der Waals surface area contributed by atoms with Crippen LogP contribution >= 0.6 is 11.3 Å². The molecular weight excluding hydrogens is 362 g/mol. The highest BCUT2D eigenvalue weighted by Crippen LogP contribution is 2.29. The first-order valence-electron chi connectivity index (χ1n) is 8.73. The molecule has 0 saturated heterocycles. The summed E-state index contributed by atoms with van der Waals surface area (Å²) in [6, 6.07) is 7.59. The largest absolute Gasteiger partial charge is 0.497 e. The molecule has 1 aromatic carbocycles. The van der Waals surface area contributed by atoms with Crippen LogP contribution in [0.25, 0.3) is 16.4 Å². The first-order valence-corrected chi connectivity index (χ1v) is 9.55. The minimum absolute atomic E-state index is 0.0925. The summed E-state index contributed by atoms with van der Waals surface area (Å²) in [4.78, 5) is 17.6. The van der Waals surface area contributed by atoms with E-state index in [0.717, 1.165) is 17.1 Å². The Labute approximate surface area is 162 Å². The lowest BCUT2D eigenvalue weighted by atomic mass is 10.2. The topological polar surface area (TPSA) is 81.9 Å². The van der Waals surface area contributed by atoms with Gasteiger partial charge in [0.25, 0.3) is 5.91 Å². The Bertz CT molecular complexity index is 944. The van der Waals surface area contributed by atoms with Crippen LogP contribution in [0.2, 0.25) is 0 Å². The van der Waals surface area contributed by atoms with E-state index >= 15 is 0 Å². The summed E-state index contributed by atoms with van der Waals surface area (Å²) in [5.41, 5.74) is 3.13. The number of nitrogens with one attached hydrogen (secondary N) is 1. The van der Waals surface area contributed by atoms with Gasteiger partial charge < -0.3 is 10.1 Å². The van der Waals surface area contributed by atoms with Crippen molar-refractivity contribution in [2.24, 2.45) is 5.92 Å². The van der Waals surface area contributed by atoms with E-state index in [2.05, 4.69) is 34.5 Å². The Balaban J connectivity index is 1.88. The van der Waals surface area contributed by atoms with E-state index in [4.69, 9.17) is 4.74 Å². The van der Waals surface area contributed by atoms with Crippen LogP contribution in [0.5, 0.6) is 5.75 Å². The van der Waals surface area contributed by atoms with Crippen LogP contribution in [0.1, 0.15) is 34.9 Å². The van der Waals surface area contributed by atoms with Gasteiger partial charge in [0.2, 0.25) is 0 Å². The van der Waals surface area contributed by atoms with Crippen molar-refractivity contribution in [2.75, 3.05) is 13.7 Å². The van der Waals surface area contributed by atoms with Gasteiger partial charge in [-0.05, 0) is 44.0 Å². The van der Waals surface area contributed by atoms with Crippen molar-refractivity contribution in [3.05, 3.63) is 40.5 Å². The molecule has 2 heterocycles. The van der Waals surface area contributed by atoms with E-state index in [1.807, 2.05) is 38.1 Å². The van der Waals surface area contributed by atoms with Gasteiger partial charge in [0.15, 0.2) is 0 Å². The molecule has 0 bridgehead atoms. The third-order valence-electron chi connectivity index (χ3n) is 4.09. The Morgan fingerprint density at radius 1 is 1.26 bits per heavy atom. The third kappa shape index (κ3) is 4.00. The number of carbonyl (C=O) groups excluding carboxylic acids is 1. The van der Waals surface area contributed by atoms with Crippen LogP contribution in [0, 0.1) is 19.8 Å². The Morgan fingerprint density at radius 2 is 1.96 bits per heavy atom. The van der Waals surface area contributed by atoms with Crippen molar-refractivity contribution in [1.29, 1.82) is 0 Å². The number of benzene rings is 1. The molecule has 0 aliphatic rings. The highest BCUT2D eigenvalue weighted by Gasteiger charge is 2.20. The molecule has 3 rings (SSSR count). The number of amides is 1. The molecule has 0 aliphatic carbocycles. The van der Waals surface area contributed by atoms with Crippen LogP contribution < -0.4 is 10.1 Å². The molecule has 1 amide bonds. The number of rotatable bonds is 6. The maximum atomic E-state index is 12.4. The Kier molecular flexibility index (Phi) is 5.55. The Hall–Kier alpha value is -2.74. The predicted octanol–water partition coefficient (Wildman–Crippen LogP) is 3.40. The third-order valence-corrected chi connectivity index (χ3v) is 5.25. The molecule has 0 fully saturated rings. The first kappa shape index (κ1) is 19.0. The number of thiazole rings is 1. The molecule has 0 radical (unpaired) electrons. The molecule has 0 spiro atoms. The van der Waals surface area contributed by atoms with E-state index in [9.17, 15) is 4.79 Å². The summed E-state index contributed by atoms with van der Waals surface area (Å²) in [5, 5.41) is 12.2. The summed E-state index contributed by atoms with van der Waals surface area (Å²) in [6.45, 7) is 8.54. The summed E-state index contributed by atoms with van der Waals surface area (Å²) in [7, 11) is 1.63. The van der Waals surface area contributed by atoms with Gasteiger partial charge >= 0.3 is 0 Å². The van der Waals surface area contributed by atoms with Gasteiger partial charge in [0.05, 0.1) is 24.2 Å². The molecule has 3 aromatic rings. The molecule has 1 N–H and O–H groups in total. The van der Waals surface area contributed by atoms with Gasteiger partial charge in [-0.1, -0.05) is 19.1 Å². The summed E-state index contributed by atoms with van der Waals surface area (Å²) < 4.78 is 6.95. The number of nitrogens with zero attached hydrogens (tertiary/aromatic N) is 4. The Morgan fingerprint density at radius 3 is 2.59 bits per heavy atom. The smallest absolute Gasteiger partial charge is 0.263 e. The summed E-state index contributed by atoms with van der Waals surface area (Å²) >= 11 is 1.34. The maximum absolute atomic E-state index is 12.4. The zero-order valence-electron chi connectivity index (χ0n) is 16.1. The lowest BCUT2D eigenvalue weighted by Gasteiger charge is -2.06. The predicted molar refractivity (Wildman–Crippen MR) is 106 cm³/mol. The number of aryl methyl sites for hydroxylation is 1. The zero-order valence-corrected chi connectivity index (χ0v) is 16.9. The fourth-order valence-electron chi connectivity index (χ4n) is 2.58. The van der Waals surface area contributed by atoms with Gasteiger partial charge in [-0.15, -0.1) is 16.4 Å². The van der Waals surface area contributed by atoms with E-state index in [0.29, 0.717) is 33.7 Å². The average Bonchev–Trinajstić information content (AvgIpc) is 3.22. The number of hydrogen-bond acceptors (Lipinski definition) is 6.